The van der Waals surface area contributed by atoms with Crippen molar-refractivity contribution >= 4 is 62.4 Å². The fourth-order valence-electron chi connectivity index (χ4n) is 3.18. The molecule has 1 aliphatic rings. The highest BCUT2D eigenvalue weighted by molar-refractivity contribution is 14.2. The fraction of sp³-hybridized carbons (Fsp3) is 0.389. The van der Waals surface area contributed by atoms with Crippen LogP contribution in [0.3, 0.4) is 0 Å². The number of fused-ring (bicyclic) bond motifs is 1. The molecule has 3 heterocycles. The SMILES string of the molecule is Cc1cc2c(-c3cnn(PI)c3)ccc(B3OC(C)(C)C(C)(C)O3)c2s1. The van der Waals surface area contributed by atoms with Crippen LogP contribution in [-0.2, 0) is 9.31 Å². The molecule has 0 amide bonds. The lowest BCUT2D eigenvalue weighted by atomic mass is 9.77. The molecule has 1 aliphatic heterocycles. The normalized spacial score (nSPS) is 19.2. The Hall–Kier alpha value is -0.465. The summed E-state index contributed by atoms with van der Waals surface area (Å²) in [7, 11) is -0.340. The molecule has 1 fully saturated rings. The molecule has 1 unspecified atom stereocenters. The highest BCUT2D eigenvalue weighted by Gasteiger charge is 2.52. The highest BCUT2D eigenvalue weighted by atomic mass is 127. The average Bonchev–Trinajstić information content (AvgIpc) is 3.22. The van der Waals surface area contributed by atoms with Gasteiger partial charge in [-0.3, -0.25) is 0 Å². The summed E-state index contributed by atoms with van der Waals surface area (Å²) in [5.41, 5.74) is 2.81. The van der Waals surface area contributed by atoms with Crippen molar-refractivity contribution in [3.8, 4) is 11.1 Å². The van der Waals surface area contributed by atoms with Crippen LogP contribution in [0.4, 0.5) is 0 Å². The van der Waals surface area contributed by atoms with Gasteiger partial charge in [0.2, 0.25) is 0 Å². The van der Waals surface area contributed by atoms with Gasteiger partial charge in [0.1, 0.15) is 0 Å². The van der Waals surface area contributed by atoms with Gasteiger partial charge in [-0.15, -0.1) is 11.3 Å². The Morgan fingerprint density at radius 3 is 2.50 bits per heavy atom. The van der Waals surface area contributed by atoms with Crippen molar-refractivity contribution in [2.45, 2.75) is 45.8 Å². The number of nitrogens with zero attached hydrogens (tertiary/aromatic N) is 2. The Morgan fingerprint density at radius 1 is 1.19 bits per heavy atom. The van der Waals surface area contributed by atoms with Crippen molar-refractivity contribution < 1.29 is 9.31 Å². The third-order valence-corrected chi connectivity index (χ3v) is 8.32. The van der Waals surface area contributed by atoms with E-state index in [0.717, 1.165) is 11.0 Å². The molecule has 0 radical (unpaired) electrons. The van der Waals surface area contributed by atoms with Gasteiger partial charge in [-0.25, -0.2) is 4.45 Å². The molecular weight excluding hydrogens is 477 g/mol. The van der Waals surface area contributed by atoms with Crippen LogP contribution in [0.25, 0.3) is 21.2 Å². The minimum Gasteiger partial charge on any atom is -0.399 e. The maximum Gasteiger partial charge on any atom is 0.496 e. The Balaban J connectivity index is 1.83. The summed E-state index contributed by atoms with van der Waals surface area (Å²) < 4.78 is 15.8. The molecule has 0 saturated carbocycles. The second kappa shape index (κ2) is 6.55. The lowest BCUT2D eigenvalue weighted by molar-refractivity contribution is 0.00578. The summed E-state index contributed by atoms with van der Waals surface area (Å²) in [5.74, 6) is 0. The molecule has 26 heavy (non-hydrogen) atoms. The lowest BCUT2D eigenvalue weighted by Gasteiger charge is -2.32. The van der Waals surface area contributed by atoms with Gasteiger partial charge in [-0.05, 0) is 68.3 Å². The quantitative estimate of drug-likeness (QED) is 0.285. The van der Waals surface area contributed by atoms with E-state index in [1.165, 1.54) is 20.5 Å². The highest BCUT2D eigenvalue weighted by Crippen LogP contribution is 2.39. The second-order valence-electron chi connectivity index (χ2n) is 7.65. The van der Waals surface area contributed by atoms with Gasteiger partial charge in [0, 0.05) is 32.2 Å². The van der Waals surface area contributed by atoms with Crippen molar-refractivity contribution in [2.24, 2.45) is 0 Å². The Labute approximate surface area is 173 Å². The first kappa shape index (κ1) is 18.9. The predicted octanol–water partition coefficient (Wildman–Crippen LogP) is 5.16. The average molecular weight is 498 g/mol. The number of thiophene rings is 1. The second-order valence-corrected chi connectivity index (χ2v) is 11.0. The van der Waals surface area contributed by atoms with Crippen molar-refractivity contribution in [3.63, 3.8) is 0 Å². The van der Waals surface area contributed by atoms with E-state index in [2.05, 4.69) is 86.2 Å². The number of benzene rings is 1. The maximum atomic E-state index is 6.30. The molecule has 136 valence electrons. The molecule has 4 nitrogen and oxygen atoms in total. The maximum absolute atomic E-state index is 6.30. The third kappa shape index (κ3) is 3.06. The summed E-state index contributed by atoms with van der Waals surface area (Å²) in [6, 6.07) is 6.58. The Bertz CT molecular complexity index is 969. The van der Waals surface area contributed by atoms with Gasteiger partial charge in [0.05, 0.1) is 23.8 Å². The summed E-state index contributed by atoms with van der Waals surface area (Å²) >= 11 is 4.14. The van der Waals surface area contributed by atoms with Crippen LogP contribution >= 0.6 is 39.8 Å². The molecule has 0 spiro atoms. The molecule has 1 aromatic carbocycles. The van der Waals surface area contributed by atoms with Crippen LogP contribution in [0.5, 0.6) is 0 Å². The van der Waals surface area contributed by atoms with Gasteiger partial charge < -0.3 is 9.31 Å². The first-order valence-electron chi connectivity index (χ1n) is 8.52. The smallest absolute Gasteiger partial charge is 0.399 e. The molecule has 3 aromatic rings. The number of hydrogen-bond donors (Lipinski definition) is 0. The molecule has 4 rings (SSSR count). The summed E-state index contributed by atoms with van der Waals surface area (Å²) in [6.45, 7) is 10.5. The minimum absolute atomic E-state index is 0.336. The van der Waals surface area contributed by atoms with Crippen LogP contribution in [0.15, 0.2) is 30.6 Å². The molecule has 0 N–H and O–H groups in total. The van der Waals surface area contributed by atoms with E-state index in [9.17, 15) is 0 Å². The van der Waals surface area contributed by atoms with Gasteiger partial charge in [0.25, 0.3) is 0 Å². The van der Waals surface area contributed by atoms with Crippen molar-refractivity contribution in [1.29, 1.82) is 0 Å². The molecule has 1 saturated heterocycles. The van der Waals surface area contributed by atoms with Crippen LogP contribution in [-0.4, -0.2) is 27.9 Å². The number of aryl methyl sites for hydroxylation is 1. The minimum atomic E-state index is -0.340. The molecule has 2 aromatic heterocycles. The topological polar surface area (TPSA) is 36.3 Å². The van der Waals surface area contributed by atoms with Crippen molar-refractivity contribution in [1.82, 2.24) is 9.55 Å². The van der Waals surface area contributed by atoms with Crippen LogP contribution in [0.2, 0.25) is 0 Å². The molecule has 1 atom stereocenters. The molecule has 0 aliphatic carbocycles. The van der Waals surface area contributed by atoms with E-state index in [0.29, 0.717) is 6.37 Å². The Morgan fingerprint density at radius 2 is 1.88 bits per heavy atom. The lowest BCUT2D eigenvalue weighted by Crippen LogP contribution is -2.41. The number of aromatic nitrogens is 2. The zero-order valence-corrected chi connectivity index (χ0v) is 19.4. The summed E-state index contributed by atoms with van der Waals surface area (Å²) in [4.78, 5) is 1.29. The van der Waals surface area contributed by atoms with Crippen LogP contribution in [0.1, 0.15) is 32.6 Å². The third-order valence-electron chi connectivity index (χ3n) is 5.32. The molecule has 0 bridgehead atoms. The number of hydrogen-bond acceptors (Lipinski definition) is 4. The van der Waals surface area contributed by atoms with E-state index >= 15 is 0 Å². The Kier molecular flexibility index (Phi) is 4.76. The zero-order chi connectivity index (χ0) is 18.7. The summed E-state index contributed by atoms with van der Waals surface area (Å²) in [5, 5.41) is 5.68. The zero-order valence-electron chi connectivity index (χ0n) is 15.5. The summed E-state index contributed by atoms with van der Waals surface area (Å²) in [6.07, 6.45) is 4.66. The standard InChI is InChI=1S/C18H21BIN2O2PS/c1-11-8-14-13(12-9-21-22(10-12)25-20)6-7-15(16(14)26-11)19-23-17(2,3)18(4,5)24-19/h6-10,25H,1-5H3. The van der Waals surface area contributed by atoms with Gasteiger partial charge in [0.15, 0.2) is 0 Å². The van der Waals surface area contributed by atoms with E-state index in [1.807, 2.05) is 10.6 Å². The number of halogens is 1. The van der Waals surface area contributed by atoms with E-state index < -0.39 is 0 Å². The largest absolute Gasteiger partial charge is 0.496 e. The van der Waals surface area contributed by atoms with Crippen LogP contribution < -0.4 is 5.46 Å². The van der Waals surface area contributed by atoms with Gasteiger partial charge >= 0.3 is 7.12 Å². The predicted molar refractivity (Wildman–Crippen MR) is 121 cm³/mol. The van der Waals surface area contributed by atoms with Crippen molar-refractivity contribution in [2.75, 3.05) is 0 Å². The van der Waals surface area contributed by atoms with E-state index in [4.69, 9.17) is 9.31 Å². The molecular formula is C18H21BIN2O2PS. The van der Waals surface area contributed by atoms with Crippen molar-refractivity contribution in [3.05, 3.63) is 35.5 Å². The van der Waals surface area contributed by atoms with Gasteiger partial charge in [-0.1, -0.05) is 12.1 Å². The fourth-order valence-corrected chi connectivity index (χ4v) is 5.32. The first-order chi connectivity index (χ1) is 12.2. The van der Waals surface area contributed by atoms with Crippen LogP contribution in [0, 0.1) is 6.92 Å². The van der Waals surface area contributed by atoms with Gasteiger partial charge in [-0.2, -0.15) is 5.10 Å². The first-order valence-corrected chi connectivity index (χ1v) is 13.4. The van der Waals surface area contributed by atoms with E-state index in [-0.39, 0.29) is 18.3 Å². The number of rotatable bonds is 3. The molecule has 8 heteroatoms. The monoisotopic (exact) mass is 498 g/mol. The van der Waals surface area contributed by atoms with E-state index in [1.54, 1.807) is 11.3 Å².